The van der Waals surface area contributed by atoms with Crippen molar-refractivity contribution in [1.82, 2.24) is 0 Å². The number of para-hydroxylation sites is 1. The molecule has 5 nitrogen and oxygen atoms in total. The molecule has 4 rings (SSSR count). The van der Waals surface area contributed by atoms with E-state index >= 15 is 0 Å². The van der Waals surface area contributed by atoms with Crippen LogP contribution in [0.2, 0.25) is 0 Å². The van der Waals surface area contributed by atoms with Crippen LogP contribution in [-0.4, -0.2) is 5.97 Å². The molecule has 0 aliphatic heterocycles. The number of ether oxygens (including phenoxy) is 2. The van der Waals surface area contributed by atoms with Gasteiger partial charge in [0.1, 0.15) is 28.2 Å². The molecule has 0 saturated heterocycles. The van der Waals surface area contributed by atoms with E-state index in [9.17, 15) is 9.59 Å². The highest BCUT2D eigenvalue weighted by atomic mass is 32.1. The average molecular weight is 392 g/mol. The van der Waals surface area contributed by atoms with Gasteiger partial charge in [-0.05, 0) is 41.6 Å². The van der Waals surface area contributed by atoms with E-state index in [1.165, 1.54) is 23.7 Å². The molecule has 0 atom stereocenters. The molecule has 0 bridgehead atoms. The summed E-state index contributed by atoms with van der Waals surface area (Å²) >= 11 is 1.30. The van der Waals surface area contributed by atoms with E-state index in [1.54, 1.807) is 29.6 Å². The number of carbonyl (C=O) groups is 1. The molecule has 0 aliphatic rings. The highest BCUT2D eigenvalue weighted by Gasteiger charge is 2.14. The lowest BCUT2D eigenvalue weighted by atomic mass is 10.1. The zero-order valence-corrected chi connectivity index (χ0v) is 15.8. The fourth-order valence-corrected chi connectivity index (χ4v) is 3.39. The summed E-state index contributed by atoms with van der Waals surface area (Å²) in [6, 6.07) is 15.7. The van der Waals surface area contributed by atoms with Crippen molar-refractivity contribution in [3.63, 3.8) is 0 Å². The lowest BCUT2D eigenvalue weighted by Gasteiger charge is -2.09. The van der Waals surface area contributed by atoms with Gasteiger partial charge < -0.3 is 13.9 Å². The summed E-state index contributed by atoms with van der Waals surface area (Å²) in [5, 5.41) is 2.15. The maximum atomic E-state index is 12.8. The maximum absolute atomic E-state index is 12.8. The third-order valence-corrected chi connectivity index (χ3v) is 5.07. The van der Waals surface area contributed by atoms with Crippen LogP contribution in [0.3, 0.4) is 0 Å². The molecule has 0 aliphatic carbocycles. The second kappa shape index (κ2) is 7.70. The Morgan fingerprint density at radius 2 is 1.93 bits per heavy atom. The van der Waals surface area contributed by atoms with Crippen LogP contribution in [0.15, 0.2) is 75.5 Å². The van der Waals surface area contributed by atoms with E-state index in [1.807, 2.05) is 31.2 Å². The van der Waals surface area contributed by atoms with Gasteiger partial charge in [0.15, 0.2) is 0 Å². The molecule has 0 unspecified atom stereocenters. The molecular formula is C22H16O5S. The second-order valence-corrected chi connectivity index (χ2v) is 6.96. The van der Waals surface area contributed by atoms with Gasteiger partial charge in [0.25, 0.3) is 0 Å². The van der Waals surface area contributed by atoms with Crippen molar-refractivity contribution in [2.75, 3.05) is 0 Å². The van der Waals surface area contributed by atoms with Crippen molar-refractivity contribution in [2.45, 2.75) is 13.3 Å². The van der Waals surface area contributed by atoms with Crippen LogP contribution in [0.4, 0.5) is 0 Å². The van der Waals surface area contributed by atoms with Crippen LogP contribution < -0.4 is 14.9 Å². The van der Waals surface area contributed by atoms with Crippen molar-refractivity contribution in [1.29, 1.82) is 0 Å². The lowest BCUT2D eigenvalue weighted by molar-refractivity contribution is 0.0740. The molecule has 2 heterocycles. The first-order chi connectivity index (χ1) is 13.7. The molecule has 0 radical (unpaired) electrons. The van der Waals surface area contributed by atoms with Gasteiger partial charge in [-0.1, -0.05) is 31.2 Å². The predicted molar refractivity (Wildman–Crippen MR) is 108 cm³/mol. The van der Waals surface area contributed by atoms with Gasteiger partial charge in [-0.25, -0.2) is 4.79 Å². The quantitative estimate of drug-likeness (QED) is 0.335. The zero-order chi connectivity index (χ0) is 19.5. The van der Waals surface area contributed by atoms with E-state index < -0.39 is 5.97 Å². The number of hydrogen-bond acceptors (Lipinski definition) is 6. The van der Waals surface area contributed by atoms with Crippen LogP contribution in [0.25, 0.3) is 11.0 Å². The first-order valence-electron chi connectivity index (χ1n) is 8.72. The first kappa shape index (κ1) is 18.0. The highest BCUT2D eigenvalue weighted by Crippen LogP contribution is 2.27. The third-order valence-electron chi connectivity index (χ3n) is 4.22. The molecule has 0 fully saturated rings. The minimum atomic E-state index is -0.451. The summed E-state index contributed by atoms with van der Waals surface area (Å²) < 4.78 is 16.7. The number of thiophene rings is 1. The van der Waals surface area contributed by atoms with E-state index in [4.69, 9.17) is 13.9 Å². The Morgan fingerprint density at radius 3 is 2.71 bits per heavy atom. The number of rotatable bonds is 5. The number of benzene rings is 2. The molecule has 0 saturated carbocycles. The summed E-state index contributed by atoms with van der Waals surface area (Å²) in [5.41, 5.74) is 1.03. The Kier molecular flexibility index (Phi) is 4.95. The topological polar surface area (TPSA) is 65.7 Å². The average Bonchev–Trinajstić information content (AvgIpc) is 3.25. The minimum absolute atomic E-state index is 0.108. The van der Waals surface area contributed by atoms with Gasteiger partial charge in [-0.3, -0.25) is 4.79 Å². The normalized spacial score (nSPS) is 10.8. The highest BCUT2D eigenvalue weighted by molar-refractivity contribution is 7.12. The fraction of sp³-hybridized carbons (Fsp3) is 0.0909. The van der Waals surface area contributed by atoms with Crippen LogP contribution in [0.5, 0.6) is 17.2 Å². The number of esters is 1. The van der Waals surface area contributed by atoms with Gasteiger partial charge in [0.2, 0.25) is 11.2 Å². The molecule has 0 N–H and O–H groups in total. The number of aryl methyl sites for hydroxylation is 1. The van der Waals surface area contributed by atoms with Crippen molar-refractivity contribution >= 4 is 28.3 Å². The van der Waals surface area contributed by atoms with Crippen molar-refractivity contribution in [3.05, 3.63) is 86.9 Å². The third kappa shape index (κ3) is 3.54. The first-order valence-corrected chi connectivity index (χ1v) is 9.60. The lowest BCUT2D eigenvalue weighted by Crippen LogP contribution is -2.08. The summed E-state index contributed by atoms with van der Waals surface area (Å²) in [6.07, 6.45) is 2.07. The molecule has 2 aromatic heterocycles. The Bertz CT molecular complexity index is 1190. The fourth-order valence-electron chi connectivity index (χ4n) is 2.79. The smallest absolute Gasteiger partial charge is 0.353 e. The molecule has 4 aromatic rings. The van der Waals surface area contributed by atoms with Gasteiger partial charge in [-0.15, -0.1) is 11.3 Å². The summed E-state index contributed by atoms with van der Waals surface area (Å²) in [5.74, 6) is 0.585. The van der Waals surface area contributed by atoms with Crippen LogP contribution in [-0.2, 0) is 6.42 Å². The predicted octanol–water partition coefficient (Wildman–Crippen LogP) is 5.43. The zero-order valence-electron chi connectivity index (χ0n) is 15.0. The summed E-state index contributed by atoms with van der Waals surface area (Å²) in [6.45, 7) is 2.02. The molecule has 28 heavy (non-hydrogen) atoms. The van der Waals surface area contributed by atoms with Crippen LogP contribution in [0.1, 0.15) is 22.2 Å². The largest absolute Gasteiger partial charge is 0.460 e. The van der Waals surface area contributed by atoms with Gasteiger partial charge in [0, 0.05) is 6.07 Å². The van der Waals surface area contributed by atoms with Crippen molar-refractivity contribution in [2.24, 2.45) is 0 Å². The molecule has 0 amide bonds. The van der Waals surface area contributed by atoms with E-state index in [0.29, 0.717) is 27.3 Å². The second-order valence-electron chi connectivity index (χ2n) is 6.02. The minimum Gasteiger partial charge on any atom is -0.460 e. The van der Waals surface area contributed by atoms with Gasteiger partial charge in [0.05, 0.1) is 5.39 Å². The SMILES string of the molecule is CCc1ccccc1Oc1coc2cc(OC(=O)c3cccs3)ccc2c1=O. The Morgan fingerprint density at radius 1 is 1.07 bits per heavy atom. The molecule has 140 valence electrons. The number of fused-ring (bicyclic) bond motifs is 1. The van der Waals surface area contributed by atoms with Gasteiger partial charge in [-0.2, -0.15) is 0 Å². The van der Waals surface area contributed by atoms with E-state index in [2.05, 4.69) is 0 Å². The van der Waals surface area contributed by atoms with Gasteiger partial charge >= 0.3 is 5.97 Å². The number of carbonyl (C=O) groups excluding carboxylic acids is 1. The van der Waals surface area contributed by atoms with E-state index in [0.717, 1.165) is 12.0 Å². The van der Waals surface area contributed by atoms with E-state index in [-0.39, 0.29) is 11.2 Å². The van der Waals surface area contributed by atoms with Crippen LogP contribution in [0, 0.1) is 0 Å². The number of hydrogen-bond donors (Lipinski definition) is 0. The Balaban J connectivity index is 1.63. The molecule has 6 heteroatoms. The molecule has 2 aromatic carbocycles. The molecule has 0 spiro atoms. The maximum Gasteiger partial charge on any atom is 0.353 e. The monoisotopic (exact) mass is 392 g/mol. The van der Waals surface area contributed by atoms with Crippen molar-refractivity contribution < 1.29 is 18.7 Å². The summed E-state index contributed by atoms with van der Waals surface area (Å²) in [4.78, 5) is 25.3. The van der Waals surface area contributed by atoms with Crippen LogP contribution >= 0.6 is 11.3 Å². The summed E-state index contributed by atoms with van der Waals surface area (Å²) in [7, 11) is 0. The Hall–Kier alpha value is -3.38. The standard InChI is InChI=1S/C22H16O5S/c1-2-14-6-3-4-7-17(14)27-19-13-25-18-12-15(9-10-16(18)21(19)23)26-22(24)20-8-5-11-28-20/h3-13H,2H2,1H3. The molecular weight excluding hydrogens is 376 g/mol. The van der Waals surface area contributed by atoms with Crippen molar-refractivity contribution in [3.8, 4) is 17.2 Å². The Labute approximate surface area is 164 Å².